The molecule has 1 aromatic heterocycles. The van der Waals surface area contributed by atoms with Crippen LogP contribution in [0, 0.1) is 0 Å². The molecule has 2 atom stereocenters. The molecule has 20 heavy (non-hydrogen) atoms. The van der Waals surface area contributed by atoms with Crippen molar-refractivity contribution in [2.75, 3.05) is 7.11 Å². The van der Waals surface area contributed by atoms with E-state index >= 15 is 0 Å². The minimum atomic E-state index is -1.45. The molecule has 1 heterocycles. The highest BCUT2D eigenvalue weighted by Crippen LogP contribution is 2.40. The van der Waals surface area contributed by atoms with E-state index in [0.29, 0.717) is 25.0 Å². The maximum atomic E-state index is 12.3. The predicted molar refractivity (Wildman–Crippen MR) is 75.3 cm³/mol. The van der Waals surface area contributed by atoms with Crippen molar-refractivity contribution in [3.8, 4) is 0 Å². The molecule has 0 aliphatic heterocycles. The second kappa shape index (κ2) is 4.96. The molecule has 0 radical (unpaired) electrons. The first kappa shape index (κ1) is 13.2. The number of nitrogens with zero attached hydrogens (tertiary/aromatic N) is 1. The molecule has 3 rings (SSSR count). The molecule has 0 spiro atoms. The predicted octanol–water partition coefficient (Wildman–Crippen LogP) is 2.41. The summed E-state index contributed by atoms with van der Waals surface area (Å²) < 4.78 is 5.26. The van der Waals surface area contributed by atoms with E-state index in [2.05, 4.69) is 4.98 Å². The molecular weight excluding hydrogens is 254 g/mol. The van der Waals surface area contributed by atoms with Crippen LogP contribution in [0.25, 0.3) is 10.8 Å². The third-order valence-corrected chi connectivity index (χ3v) is 4.06. The number of carbonyl (C=O) groups is 1. The fraction of sp³-hybridized carbons (Fsp3) is 0.375. The SMILES string of the molecule is COC1(O)CCCC(=O)C1c1nccc2ccccc12. The van der Waals surface area contributed by atoms with Gasteiger partial charge in [0.05, 0.1) is 5.69 Å². The lowest BCUT2D eigenvalue weighted by atomic mass is 9.78. The molecular formula is C16H17NO3. The summed E-state index contributed by atoms with van der Waals surface area (Å²) in [6.07, 6.45) is 3.23. The normalized spacial score (nSPS) is 26.9. The maximum absolute atomic E-state index is 12.3. The highest BCUT2D eigenvalue weighted by atomic mass is 16.6. The van der Waals surface area contributed by atoms with Crippen molar-refractivity contribution >= 4 is 16.6 Å². The molecule has 4 nitrogen and oxygen atoms in total. The largest absolute Gasteiger partial charge is 0.365 e. The van der Waals surface area contributed by atoms with Crippen molar-refractivity contribution in [2.45, 2.75) is 31.0 Å². The molecule has 0 saturated heterocycles. The standard InChI is InChI=1S/C16H17NO3/c1-20-16(19)9-4-7-13(18)14(16)15-12-6-3-2-5-11(12)8-10-17-15/h2-3,5-6,8,10,14,19H,4,7,9H2,1H3. The number of ketones is 1. The second-order valence-electron chi connectivity index (χ2n) is 5.22. The minimum absolute atomic E-state index is 0.00977. The third kappa shape index (κ3) is 2.01. The van der Waals surface area contributed by atoms with Gasteiger partial charge in [-0.25, -0.2) is 0 Å². The molecule has 104 valence electrons. The summed E-state index contributed by atoms with van der Waals surface area (Å²) in [7, 11) is 1.44. The number of benzene rings is 1. The van der Waals surface area contributed by atoms with Gasteiger partial charge in [0.15, 0.2) is 5.79 Å². The fourth-order valence-electron chi connectivity index (χ4n) is 3.02. The number of aliphatic hydroxyl groups is 1. The van der Waals surface area contributed by atoms with E-state index in [1.54, 1.807) is 6.20 Å². The van der Waals surface area contributed by atoms with Crippen molar-refractivity contribution in [3.63, 3.8) is 0 Å². The molecule has 0 amide bonds. The van der Waals surface area contributed by atoms with Crippen LogP contribution >= 0.6 is 0 Å². The number of hydrogen-bond acceptors (Lipinski definition) is 4. The molecule has 1 aliphatic carbocycles. The minimum Gasteiger partial charge on any atom is -0.365 e. The van der Waals surface area contributed by atoms with Gasteiger partial charge in [0.2, 0.25) is 0 Å². The summed E-state index contributed by atoms with van der Waals surface area (Å²) in [5, 5.41) is 12.5. The van der Waals surface area contributed by atoms with Crippen LogP contribution in [0.2, 0.25) is 0 Å². The number of aromatic nitrogens is 1. The van der Waals surface area contributed by atoms with E-state index < -0.39 is 11.7 Å². The van der Waals surface area contributed by atoms with Crippen LogP contribution < -0.4 is 0 Å². The van der Waals surface area contributed by atoms with Crippen LogP contribution in [0.1, 0.15) is 30.9 Å². The highest BCUT2D eigenvalue weighted by Gasteiger charge is 2.46. The topological polar surface area (TPSA) is 59.4 Å². The van der Waals surface area contributed by atoms with Crippen molar-refractivity contribution in [1.29, 1.82) is 0 Å². The van der Waals surface area contributed by atoms with E-state index in [9.17, 15) is 9.90 Å². The van der Waals surface area contributed by atoms with Crippen molar-refractivity contribution < 1.29 is 14.6 Å². The average molecular weight is 271 g/mol. The van der Waals surface area contributed by atoms with E-state index in [-0.39, 0.29) is 5.78 Å². The Labute approximate surface area is 117 Å². The first-order chi connectivity index (χ1) is 9.65. The molecule has 1 aliphatic rings. The van der Waals surface area contributed by atoms with Crippen LogP contribution in [-0.4, -0.2) is 28.8 Å². The number of pyridine rings is 1. The number of Topliss-reactive ketones (excluding diaryl/α,β-unsaturated/α-hetero) is 1. The van der Waals surface area contributed by atoms with E-state index in [4.69, 9.17) is 4.74 Å². The van der Waals surface area contributed by atoms with Crippen LogP contribution in [0.15, 0.2) is 36.5 Å². The van der Waals surface area contributed by atoms with Gasteiger partial charge in [0, 0.05) is 31.5 Å². The zero-order valence-electron chi connectivity index (χ0n) is 11.4. The van der Waals surface area contributed by atoms with E-state index in [0.717, 1.165) is 10.8 Å². The molecule has 4 heteroatoms. The number of carbonyl (C=O) groups excluding carboxylic acids is 1. The fourth-order valence-corrected chi connectivity index (χ4v) is 3.02. The smallest absolute Gasteiger partial charge is 0.180 e. The van der Waals surface area contributed by atoms with Crippen LogP contribution in [-0.2, 0) is 9.53 Å². The van der Waals surface area contributed by atoms with Gasteiger partial charge in [0.25, 0.3) is 0 Å². The number of ether oxygens (including phenoxy) is 1. The molecule has 2 unspecified atom stereocenters. The average Bonchev–Trinajstić information content (AvgIpc) is 2.47. The van der Waals surface area contributed by atoms with E-state index in [1.165, 1.54) is 7.11 Å². The monoisotopic (exact) mass is 271 g/mol. The molecule has 1 N–H and O–H groups in total. The van der Waals surface area contributed by atoms with E-state index in [1.807, 2.05) is 30.3 Å². The molecule has 0 bridgehead atoms. The van der Waals surface area contributed by atoms with Gasteiger partial charge in [-0.3, -0.25) is 9.78 Å². The number of fused-ring (bicyclic) bond motifs is 1. The Kier molecular flexibility index (Phi) is 3.28. The molecule has 1 aromatic carbocycles. The Balaban J connectivity index is 2.19. The first-order valence-corrected chi connectivity index (χ1v) is 6.79. The lowest BCUT2D eigenvalue weighted by Gasteiger charge is -2.37. The van der Waals surface area contributed by atoms with Gasteiger partial charge in [-0.2, -0.15) is 0 Å². The number of rotatable bonds is 2. The summed E-state index contributed by atoms with van der Waals surface area (Å²) in [5.74, 6) is -2.18. The van der Waals surface area contributed by atoms with Gasteiger partial charge in [-0.05, 0) is 17.9 Å². The van der Waals surface area contributed by atoms with Crippen LogP contribution in [0.4, 0.5) is 0 Å². The van der Waals surface area contributed by atoms with Gasteiger partial charge in [-0.1, -0.05) is 24.3 Å². The Bertz CT molecular complexity index is 650. The quantitative estimate of drug-likeness (QED) is 0.852. The highest BCUT2D eigenvalue weighted by molar-refractivity contribution is 5.93. The van der Waals surface area contributed by atoms with Gasteiger partial charge in [0.1, 0.15) is 11.7 Å². The number of hydrogen-bond donors (Lipinski definition) is 1. The lowest BCUT2D eigenvalue weighted by Crippen LogP contribution is -2.45. The maximum Gasteiger partial charge on any atom is 0.180 e. The first-order valence-electron chi connectivity index (χ1n) is 6.79. The van der Waals surface area contributed by atoms with Gasteiger partial charge >= 0.3 is 0 Å². The molecule has 2 aromatic rings. The van der Waals surface area contributed by atoms with Crippen molar-refractivity contribution in [3.05, 3.63) is 42.2 Å². The molecule has 1 fully saturated rings. The molecule has 1 saturated carbocycles. The summed E-state index contributed by atoms with van der Waals surface area (Å²) >= 11 is 0. The zero-order chi connectivity index (χ0) is 14.2. The van der Waals surface area contributed by atoms with Gasteiger partial charge < -0.3 is 9.84 Å². The summed E-state index contributed by atoms with van der Waals surface area (Å²) in [5.41, 5.74) is 0.608. The zero-order valence-corrected chi connectivity index (χ0v) is 11.4. The summed E-state index contributed by atoms with van der Waals surface area (Å²) in [6, 6.07) is 9.65. The lowest BCUT2D eigenvalue weighted by molar-refractivity contribution is -0.213. The Morgan fingerprint density at radius 2 is 2.15 bits per heavy atom. The Morgan fingerprint density at radius 1 is 1.35 bits per heavy atom. The third-order valence-electron chi connectivity index (χ3n) is 4.06. The van der Waals surface area contributed by atoms with Crippen molar-refractivity contribution in [2.24, 2.45) is 0 Å². The Hall–Kier alpha value is -1.78. The Morgan fingerprint density at radius 3 is 2.95 bits per heavy atom. The van der Waals surface area contributed by atoms with Gasteiger partial charge in [-0.15, -0.1) is 0 Å². The number of methoxy groups -OCH3 is 1. The van der Waals surface area contributed by atoms with Crippen LogP contribution in [0.5, 0.6) is 0 Å². The second-order valence-corrected chi connectivity index (χ2v) is 5.22. The summed E-state index contributed by atoms with van der Waals surface area (Å²) in [4.78, 5) is 16.7. The summed E-state index contributed by atoms with van der Waals surface area (Å²) in [6.45, 7) is 0. The van der Waals surface area contributed by atoms with Crippen LogP contribution in [0.3, 0.4) is 0 Å². The van der Waals surface area contributed by atoms with Crippen molar-refractivity contribution in [1.82, 2.24) is 4.98 Å².